The number of benzene rings is 1. The van der Waals surface area contributed by atoms with Crippen molar-refractivity contribution in [2.45, 2.75) is 52.1 Å². The van der Waals surface area contributed by atoms with Crippen molar-refractivity contribution in [1.29, 1.82) is 0 Å². The summed E-state index contributed by atoms with van der Waals surface area (Å²) in [5.41, 5.74) is 4.78. The Balaban J connectivity index is 2.02. The van der Waals surface area contributed by atoms with Gasteiger partial charge < -0.3 is 9.84 Å². The molecule has 0 saturated carbocycles. The number of aromatic hydroxyl groups is 1. The fourth-order valence-electron chi connectivity index (χ4n) is 3.05. The van der Waals surface area contributed by atoms with Gasteiger partial charge in [-0.2, -0.15) is 0 Å². The largest absolute Gasteiger partial charge is 0.508 e. The molecule has 1 heterocycles. The minimum absolute atomic E-state index is 0.161. The molecule has 3 heteroatoms. The molecule has 0 radical (unpaired) electrons. The highest BCUT2D eigenvalue weighted by atomic mass is 35.5. The molecule has 0 aromatic heterocycles. The van der Waals surface area contributed by atoms with E-state index in [0.29, 0.717) is 11.6 Å². The Labute approximate surface area is 150 Å². The van der Waals surface area contributed by atoms with Crippen LogP contribution in [-0.2, 0) is 4.74 Å². The van der Waals surface area contributed by atoms with E-state index in [9.17, 15) is 5.11 Å². The van der Waals surface area contributed by atoms with Crippen LogP contribution < -0.4 is 0 Å². The van der Waals surface area contributed by atoms with Crippen molar-refractivity contribution in [3.8, 4) is 5.75 Å². The van der Waals surface area contributed by atoms with Crippen LogP contribution in [0.3, 0.4) is 0 Å². The molecule has 1 aliphatic heterocycles. The van der Waals surface area contributed by atoms with E-state index in [0.717, 1.165) is 37.7 Å². The summed E-state index contributed by atoms with van der Waals surface area (Å²) in [6.45, 7) is 9.23. The molecule has 1 atom stereocenters. The molecule has 1 unspecified atom stereocenters. The van der Waals surface area contributed by atoms with Gasteiger partial charge in [-0.1, -0.05) is 56.2 Å². The van der Waals surface area contributed by atoms with E-state index in [1.165, 1.54) is 16.7 Å². The number of phenolic OH excluding ortho intramolecular Hbond substituents is 1. The Morgan fingerprint density at radius 3 is 2.83 bits per heavy atom. The lowest BCUT2D eigenvalue weighted by Crippen LogP contribution is -2.11. The third-order valence-electron chi connectivity index (χ3n) is 4.43. The van der Waals surface area contributed by atoms with Crippen molar-refractivity contribution in [2.75, 3.05) is 6.61 Å². The lowest BCUT2D eigenvalue weighted by atomic mass is 9.94. The fraction of sp³-hybridized carbons (Fsp3) is 0.429. The molecule has 24 heavy (non-hydrogen) atoms. The summed E-state index contributed by atoms with van der Waals surface area (Å²) in [5.74, 6) is 0.193. The van der Waals surface area contributed by atoms with Crippen LogP contribution in [0.25, 0.3) is 6.08 Å². The second-order valence-corrected chi connectivity index (χ2v) is 6.64. The minimum Gasteiger partial charge on any atom is -0.508 e. The van der Waals surface area contributed by atoms with E-state index >= 15 is 0 Å². The van der Waals surface area contributed by atoms with Gasteiger partial charge in [-0.3, -0.25) is 0 Å². The zero-order valence-corrected chi connectivity index (χ0v) is 15.4. The summed E-state index contributed by atoms with van der Waals surface area (Å²) in [4.78, 5) is 0. The van der Waals surface area contributed by atoms with E-state index in [1.807, 2.05) is 6.07 Å². The fourth-order valence-corrected chi connectivity index (χ4v) is 3.28. The summed E-state index contributed by atoms with van der Waals surface area (Å²) in [6, 6.07) is 5.10. The van der Waals surface area contributed by atoms with Crippen LogP contribution in [-0.4, -0.2) is 17.8 Å². The third kappa shape index (κ3) is 4.99. The molecule has 1 aromatic rings. The number of hydrogen-bond donors (Lipinski definition) is 1. The van der Waals surface area contributed by atoms with Crippen molar-refractivity contribution in [3.63, 3.8) is 0 Å². The van der Waals surface area contributed by atoms with Crippen LogP contribution in [0.2, 0.25) is 5.02 Å². The monoisotopic (exact) mass is 346 g/mol. The second-order valence-electron chi connectivity index (χ2n) is 6.24. The molecule has 1 N–H and O–H groups in total. The van der Waals surface area contributed by atoms with Crippen LogP contribution in [0.1, 0.15) is 51.5 Å². The summed E-state index contributed by atoms with van der Waals surface area (Å²) in [7, 11) is 0. The molecule has 0 fully saturated rings. The van der Waals surface area contributed by atoms with Crippen LogP contribution in [0.15, 0.2) is 47.6 Å². The van der Waals surface area contributed by atoms with Gasteiger partial charge in [0.05, 0.1) is 17.7 Å². The summed E-state index contributed by atoms with van der Waals surface area (Å²) in [6.07, 6.45) is 9.51. The molecule has 0 bridgehead atoms. The third-order valence-corrected chi connectivity index (χ3v) is 4.76. The van der Waals surface area contributed by atoms with Crippen LogP contribution in [0.5, 0.6) is 5.75 Å². The molecular weight excluding hydrogens is 320 g/mol. The number of halogens is 1. The highest BCUT2D eigenvalue weighted by Gasteiger charge is 2.21. The van der Waals surface area contributed by atoms with Gasteiger partial charge in [-0.15, -0.1) is 0 Å². The number of hydrogen-bond acceptors (Lipinski definition) is 2. The number of rotatable bonds is 8. The molecule has 1 aliphatic rings. The van der Waals surface area contributed by atoms with Crippen LogP contribution in [0, 0.1) is 0 Å². The highest BCUT2D eigenvalue weighted by Crippen LogP contribution is 2.30. The SMILES string of the molecule is C=C(CCC)C1=CCOC1CC/C(=C/c1ccc(O)cc1Cl)CC. The maximum absolute atomic E-state index is 9.46. The molecular formula is C21H27ClO2. The average Bonchev–Trinajstić information content (AvgIpc) is 3.02. The predicted octanol–water partition coefficient (Wildman–Crippen LogP) is 6.30. The van der Waals surface area contributed by atoms with Crippen molar-refractivity contribution in [1.82, 2.24) is 0 Å². The molecule has 130 valence electrons. The van der Waals surface area contributed by atoms with Crippen molar-refractivity contribution < 1.29 is 9.84 Å². The molecule has 2 nitrogen and oxygen atoms in total. The standard InChI is InChI=1S/C21H27ClO2/c1-4-6-15(3)19-11-12-24-21(19)10-7-16(5-2)13-17-8-9-18(23)14-20(17)22/h8-9,11,13-14,21,23H,3-7,10,12H2,1-2H3/b16-13+. The molecule has 0 aliphatic carbocycles. The van der Waals surface area contributed by atoms with Gasteiger partial charge in [0.25, 0.3) is 0 Å². The maximum Gasteiger partial charge on any atom is 0.117 e. The van der Waals surface area contributed by atoms with Crippen LogP contribution >= 0.6 is 11.6 Å². The summed E-state index contributed by atoms with van der Waals surface area (Å²) < 4.78 is 5.88. The van der Waals surface area contributed by atoms with Gasteiger partial charge >= 0.3 is 0 Å². The first-order valence-electron chi connectivity index (χ1n) is 8.72. The molecule has 2 rings (SSSR count). The molecule has 0 amide bonds. The van der Waals surface area contributed by atoms with Gasteiger partial charge in [-0.25, -0.2) is 0 Å². The Kier molecular flexibility index (Phi) is 7.14. The number of ether oxygens (including phenoxy) is 1. The van der Waals surface area contributed by atoms with Crippen molar-refractivity contribution in [2.24, 2.45) is 0 Å². The van der Waals surface area contributed by atoms with Crippen molar-refractivity contribution in [3.05, 3.63) is 58.2 Å². The van der Waals surface area contributed by atoms with Crippen LogP contribution in [0.4, 0.5) is 0 Å². The molecule has 0 spiro atoms. The first-order valence-corrected chi connectivity index (χ1v) is 9.10. The van der Waals surface area contributed by atoms with Gasteiger partial charge in [0.1, 0.15) is 5.75 Å². The van der Waals surface area contributed by atoms with E-state index in [2.05, 4.69) is 32.6 Å². The first-order chi connectivity index (χ1) is 11.5. The predicted molar refractivity (Wildman–Crippen MR) is 102 cm³/mol. The van der Waals surface area contributed by atoms with Gasteiger partial charge in [-0.05, 0) is 60.6 Å². The van der Waals surface area contributed by atoms with Crippen molar-refractivity contribution >= 4 is 17.7 Å². The molecule has 0 saturated heterocycles. The number of allylic oxidation sites excluding steroid dienone is 1. The maximum atomic E-state index is 9.46. The quantitative estimate of drug-likeness (QED) is 0.598. The Morgan fingerprint density at radius 1 is 1.38 bits per heavy atom. The van der Waals surface area contributed by atoms with E-state index in [1.54, 1.807) is 12.1 Å². The van der Waals surface area contributed by atoms with Gasteiger partial charge in [0.15, 0.2) is 0 Å². The van der Waals surface area contributed by atoms with E-state index < -0.39 is 0 Å². The smallest absolute Gasteiger partial charge is 0.117 e. The van der Waals surface area contributed by atoms with Gasteiger partial charge in [0, 0.05) is 0 Å². The topological polar surface area (TPSA) is 29.5 Å². The highest BCUT2D eigenvalue weighted by molar-refractivity contribution is 6.32. The lowest BCUT2D eigenvalue weighted by Gasteiger charge is -2.17. The molecule has 1 aromatic carbocycles. The van der Waals surface area contributed by atoms with E-state index in [-0.39, 0.29) is 11.9 Å². The first kappa shape index (κ1) is 18.8. The Bertz CT molecular complexity index is 643. The average molecular weight is 347 g/mol. The van der Waals surface area contributed by atoms with E-state index in [4.69, 9.17) is 16.3 Å². The summed E-state index contributed by atoms with van der Waals surface area (Å²) >= 11 is 6.21. The second kappa shape index (κ2) is 9.10. The Hall–Kier alpha value is -1.51. The van der Waals surface area contributed by atoms with Gasteiger partial charge in [0.2, 0.25) is 0 Å². The Morgan fingerprint density at radius 2 is 2.17 bits per heavy atom. The number of phenols is 1. The lowest BCUT2D eigenvalue weighted by molar-refractivity contribution is 0.116. The zero-order valence-electron chi connectivity index (χ0n) is 14.6. The zero-order chi connectivity index (χ0) is 17.5. The normalized spacial score (nSPS) is 17.9. The summed E-state index contributed by atoms with van der Waals surface area (Å²) in [5, 5.41) is 10.0. The minimum atomic E-state index is 0.161.